The molecule has 0 bridgehead atoms. The van der Waals surface area contributed by atoms with E-state index in [4.69, 9.17) is 0 Å². The van der Waals surface area contributed by atoms with Crippen molar-refractivity contribution in [2.24, 2.45) is 0 Å². The maximum atomic E-state index is 13.1. The molecule has 1 fully saturated rings. The molecule has 68 valence electrons. The second-order valence-electron chi connectivity index (χ2n) is 3.53. The van der Waals surface area contributed by atoms with Crippen LogP contribution in [0.15, 0.2) is 34.8 Å². The molecule has 2 rings (SSSR count). The van der Waals surface area contributed by atoms with Crippen LogP contribution in [0.4, 0.5) is 4.39 Å². The minimum atomic E-state index is -0.171. The molecule has 0 unspecified atom stereocenters. The Kier molecular flexibility index (Phi) is 2.24. The van der Waals surface area contributed by atoms with Gasteiger partial charge in [-0.05, 0) is 52.4 Å². The van der Waals surface area contributed by atoms with Crippen molar-refractivity contribution in [3.8, 4) is 0 Å². The van der Waals surface area contributed by atoms with Crippen LogP contribution in [0.25, 0.3) is 0 Å². The van der Waals surface area contributed by atoms with E-state index >= 15 is 0 Å². The fourth-order valence-corrected chi connectivity index (χ4v) is 1.89. The molecular formula is C11H10BrF. The molecule has 0 amide bonds. The van der Waals surface area contributed by atoms with Crippen molar-refractivity contribution in [2.75, 3.05) is 0 Å². The summed E-state index contributed by atoms with van der Waals surface area (Å²) in [7, 11) is 0. The Hall–Kier alpha value is -0.630. The molecule has 1 aliphatic carbocycles. The van der Waals surface area contributed by atoms with Gasteiger partial charge in [-0.1, -0.05) is 18.2 Å². The number of hydrogen-bond acceptors (Lipinski definition) is 0. The molecule has 0 nitrogen and oxygen atoms in total. The standard InChI is InChI=1S/C11H10BrF/c1-7-4-9(5-7)8-2-3-10(12)11(13)6-8/h2-3,6,9H,1,4-5H2. The summed E-state index contributed by atoms with van der Waals surface area (Å²) in [6, 6.07) is 5.36. The molecule has 13 heavy (non-hydrogen) atoms. The van der Waals surface area contributed by atoms with Gasteiger partial charge in [0.2, 0.25) is 0 Å². The zero-order valence-corrected chi connectivity index (χ0v) is 8.77. The van der Waals surface area contributed by atoms with E-state index in [1.807, 2.05) is 6.07 Å². The summed E-state index contributed by atoms with van der Waals surface area (Å²) in [6.07, 6.45) is 2.03. The van der Waals surface area contributed by atoms with Gasteiger partial charge < -0.3 is 0 Å². The third-order valence-corrected chi connectivity index (χ3v) is 3.13. The second kappa shape index (κ2) is 3.26. The number of halogens is 2. The second-order valence-corrected chi connectivity index (χ2v) is 4.38. The molecule has 0 aliphatic heterocycles. The lowest BCUT2D eigenvalue weighted by Gasteiger charge is -2.28. The largest absolute Gasteiger partial charge is 0.206 e. The average Bonchev–Trinajstić information content (AvgIpc) is 2.05. The Morgan fingerprint density at radius 1 is 1.38 bits per heavy atom. The molecule has 2 heteroatoms. The predicted molar refractivity (Wildman–Crippen MR) is 55.2 cm³/mol. The summed E-state index contributed by atoms with van der Waals surface area (Å²) in [5.74, 6) is 0.324. The number of rotatable bonds is 1. The third kappa shape index (κ3) is 1.68. The molecule has 0 aromatic heterocycles. The maximum absolute atomic E-state index is 13.1. The summed E-state index contributed by atoms with van der Waals surface area (Å²) in [5.41, 5.74) is 2.36. The average molecular weight is 241 g/mol. The van der Waals surface area contributed by atoms with Gasteiger partial charge in [-0.2, -0.15) is 0 Å². The van der Waals surface area contributed by atoms with Crippen LogP contribution in [0, 0.1) is 5.82 Å². The van der Waals surface area contributed by atoms with Crippen LogP contribution >= 0.6 is 15.9 Å². The van der Waals surface area contributed by atoms with Crippen molar-refractivity contribution < 1.29 is 4.39 Å². The lowest BCUT2D eigenvalue weighted by atomic mass is 9.77. The van der Waals surface area contributed by atoms with Gasteiger partial charge in [0.25, 0.3) is 0 Å². The highest BCUT2D eigenvalue weighted by Crippen LogP contribution is 2.40. The molecular weight excluding hydrogens is 231 g/mol. The minimum Gasteiger partial charge on any atom is -0.206 e. The van der Waals surface area contributed by atoms with E-state index in [0.717, 1.165) is 18.4 Å². The third-order valence-electron chi connectivity index (χ3n) is 2.49. The van der Waals surface area contributed by atoms with Crippen molar-refractivity contribution in [2.45, 2.75) is 18.8 Å². The molecule has 0 spiro atoms. The molecule has 1 aromatic rings. The molecule has 0 N–H and O–H groups in total. The number of allylic oxidation sites excluding steroid dienone is 1. The van der Waals surface area contributed by atoms with E-state index in [1.165, 1.54) is 5.57 Å². The number of benzene rings is 1. The highest BCUT2D eigenvalue weighted by atomic mass is 79.9. The van der Waals surface area contributed by atoms with Crippen molar-refractivity contribution in [1.29, 1.82) is 0 Å². The summed E-state index contributed by atoms with van der Waals surface area (Å²) in [4.78, 5) is 0. The van der Waals surface area contributed by atoms with Crippen LogP contribution in [-0.4, -0.2) is 0 Å². The zero-order valence-electron chi connectivity index (χ0n) is 7.19. The van der Waals surface area contributed by atoms with Crippen molar-refractivity contribution in [1.82, 2.24) is 0 Å². The first kappa shape index (κ1) is 8.95. The smallest absolute Gasteiger partial charge is 0.137 e. The quantitative estimate of drug-likeness (QED) is 0.651. The molecule has 0 saturated heterocycles. The van der Waals surface area contributed by atoms with Crippen molar-refractivity contribution in [3.05, 3.63) is 46.2 Å². The molecule has 0 heterocycles. The van der Waals surface area contributed by atoms with E-state index in [9.17, 15) is 4.39 Å². The lowest BCUT2D eigenvalue weighted by molar-refractivity contribution is 0.544. The Bertz CT molecular complexity index is 349. The Balaban J connectivity index is 2.22. The van der Waals surface area contributed by atoms with Crippen molar-refractivity contribution in [3.63, 3.8) is 0 Å². The highest BCUT2D eigenvalue weighted by Gasteiger charge is 2.23. The van der Waals surface area contributed by atoms with Gasteiger partial charge in [0.15, 0.2) is 0 Å². The minimum absolute atomic E-state index is 0.171. The Morgan fingerprint density at radius 2 is 2.08 bits per heavy atom. The Labute approximate surface area is 85.6 Å². The van der Waals surface area contributed by atoms with E-state index in [1.54, 1.807) is 12.1 Å². The van der Waals surface area contributed by atoms with Crippen LogP contribution < -0.4 is 0 Å². The normalized spacial score (nSPS) is 17.2. The van der Waals surface area contributed by atoms with E-state index < -0.39 is 0 Å². The monoisotopic (exact) mass is 240 g/mol. The summed E-state index contributed by atoms with van der Waals surface area (Å²) >= 11 is 3.14. The fourth-order valence-electron chi connectivity index (χ4n) is 1.64. The molecule has 0 radical (unpaired) electrons. The maximum Gasteiger partial charge on any atom is 0.137 e. The molecule has 1 saturated carbocycles. The van der Waals surface area contributed by atoms with Gasteiger partial charge in [-0.15, -0.1) is 0 Å². The molecule has 0 atom stereocenters. The first-order valence-electron chi connectivity index (χ1n) is 4.28. The fraction of sp³-hybridized carbons (Fsp3) is 0.273. The predicted octanol–water partition coefficient (Wildman–Crippen LogP) is 4.02. The van der Waals surface area contributed by atoms with Gasteiger partial charge in [-0.3, -0.25) is 0 Å². The highest BCUT2D eigenvalue weighted by molar-refractivity contribution is 9.10. The van der Waals surface area contributed by atoms with E-state index in [0.29, 0.717) is 10.4 Å². The SMILES string of the molecule is C=C1CC(c2ccc(Br)c(F)c2)C1. The molecule has 1 aromatic carbocycles. The summed E-state index contributed by atoms with van der Waals surface area (Å²) < 4.78 is 13.7. The van der Waals surface area contributed by atoms with Crippen LogP contribution in [0.2, 0.25) is 0 Å². The van der Waals surface area contributed by atoms with Gasteiger partial charge in [0.05, 0.1) is 4.47 Å². The number of hydrogen-bond donors (Lipinski definition) is 0. The Morgan fingerprint density at radius 3 is 2.62 bits per heavy atom. The topological polar surface area (TPSA) is 0 Å². The summed E-state index contributed by atoms with van der Waals surface area (Å²) in [6.45, 7) is 3.87. The van der Waals surface area contributed by atoms with Gasteiger partial charge in [0, 0.05) is 0 Å². The van der Waals surface area contributed by atoms with Crippen molar-refractivity contribution >= 4 is 15.9 Å². The lowest BCUT2D eigenvalue weighted by Crippen LogP contribution is -2.11. The van der Waals surface area contributed by atoms with Gasteiger partial charge in [0.1, 0.15) is 5.82 Å². The van der Waals surface area contributed by atoms with Crippen LogP contribution in [0.5, 0.6) is 0 Å². The van der Waals surface area contributed by atoms with Gasteiger partial charge in [-0.25, -0.2) is 4.39 Å². The zero-order chi connectivity index (χ0) is 9.42. The molecule has 1 aliphatic rings. The van der Waals surface area contributed by atoms with E-state index in [-0.39, 0.29) is 5.82 Å². The van der Waals surface area contributed by atoms with Crippen LogP contribution in [-0.2, 0) is 0 Å². The summed E-state index contributed by atoms with van der Waals surface area (Å²) in [5, 5.41) is 0. The van der Waals surface area contributed by atoms with Gasteiger partial charge >= 0.3 is 0 Å². The first-order valence-corrected chi connectivity index (χ1v) is 5.07. The van der Waals surface area contributed by atoms with Crippen LogP contribution in [0.1, 0.15) is 24.3 Å². The first-order chi connectivity index (χ1) is 6.16. The van der Waals surface area contributed by atoms with E-state index in [2.05, 4.69) is 22.5 Å². The van der Waals surface area contributed by atoms with Crippen LogP contribution in [0.3, 0.4) is 0 Å².